The van der Waals surface area contributed by atoms with Crippen molar-refractivity contribution in [2.45, 2.75) is 6.42 Å². The van der Waals surface area contributed by atoms with Gasteiger partial charge in [-0.25, -0.2) is 0 Å². The highest BCUT2D eigenvalue weighted by molar-refractivity contribution is 5.95. The van der Waals surface area contributed by atoms with Crippen molar-refractivity contribution in [1.82, 2.24) is 4.90 Å². The van der Waals surface area contributed by atoms with Crippen LogP contribution in [-0.4, -0.2) is 42.0 Å². The summed E-state index contributed by atoms with van der Waals surface area (Å²) >= 11 is 0. The van der Waals surface area contributed by atoms with Gasteiger partial charge in [-0.15, -0.1) is 0 Å². The van der Waals surface area contributed by atoms with Crippen LogP contribution in [0.25, 0.3) is 0 Å². The average Bonchev–Trinajstić information content (AvgIpc) is 2.87. The van der Waals surface area contributed by atoms with E-state index in [0.29, 0.717) is 18.2 Å². The van der Waals surface area contributed by atoms with Crippen LogP contribution in [0.5, 0.6) is 0 Å². The highest BCUT2D eigenvalue weighted by atomic mass is 16.3. The molecule has 1 aromatic heterocycles. The molecule has 1 aliphatic rings. The number of nitrogens with zero attached hydrogens (tertiary/aromatic N) is 1. The maximum atomic E-state index is 11.7. The van der Waals surface area contributed by atoms with E-state index >= 15 is 0 Å². The predicted octanol–water partition coefficient (Wildman–Crippen LogP) is 0.776. The summed E-state index contributed by atoms with van der Waals surface area (Å²) in [6.45, 7) is 2.30. The van der Waals surface area contributed by atoms with Crippen molar-refractivity contribution in [2.75, 3.05) is 26.2 Å². The van der Waals surface area contributed by atoms with Crippen LogP contribution in [0.15, 0.2) is 22.8 Å². The maximum Gasteiger partial charge on any atom is 0.211 e. The normalized spacial score (nSPS) is 22.1. The highest BCUT2D eigenvalue weighted by Crippen LogP contribution is 2.15. The molecule has 1 fully saturated rings. The Balaban J connectivity index is 1.86. The van der Waals surface area contributed by atoms with Gasteiger partial charge in [0.2, 0.25) is 5.78 Å². The molecule has 0 bridgehead atoms. The van der Waals surface area contributed by atoms with Crippen LogP contribution in [0.4, 0.5) is 0 Å². The van der Waals surface area contributed by atoms with Crippen LogP contribution in [0, 0.1) is 5.92 Å². The molecule has 0 spiro atoms. The first kappa shape index (κ1) is 10.4. The van der Waals surface area contributed by atoms with Gasteiger partial charge in [0.15, 0.2) is 5.76 Å². The van der Waals surface area contributed by atoms with E-state index in [-0.39, 0.29) is 12.4 Å². The molecule has 1 N–H and O–H groups in total. The molecule has 0 radical (unpaired) electrons. The van der Waals surface area contributed by atoms with Crippen molar-refractivity contribution in [3.63, 3.8) is 0 Å². The summed E-state index contributed by atoms with van der Waals surface area (Å²) in [7, 11) is 0. The Morgan fingerprint density at radius 3 is 3.13 bits per heavy atom. The van der Waals surface area contributed by atoms with Crippen LogP contribution in [-0.2, 0) is 0 Å². The third kappa shape index (κ3) is 2.46. The molecule has 0 amide bonds. The summed E-state index contributed by atoms with van der Waals surface area (Å²) < 4.78 is 5.03. The molecule has 0 unspecified atom stereocenters. The second kappa shape index (κ2) is 4.59. The van der Waals surface area contributed by atoms with E-state index in [1.807, 2.05) is 0 Å². The van der Waals surface area contributed by atoms with Crippen LogP contribution >= 0.6 is 0 Å². The molecule has 1 atom stereocenters. The Bertz CT molecular complexity index is 321. The molecule has 82 valence electrons. The Hall–Kier alpha value is -1.13. The summed E-state index contributed by atoms with van der Waals surface area (Å²) in [6, 6.07) is 3.40. The van der Waals surface area contributed by atoms with Crippen LogP contribution in [0.2, 0.25) is 0 Å². The van der Waals surface area contributed by atoms with E-state index in [0.717, 1.165) is 19.5 Å². The Labute approximate surface area is 88.5 Å². The first-order valence-corrected chi connectivity index (χ1v) is 5.19. The minimum Gasteiger partial charge on any atom is -0.461 e. The SMILES string of the molecule is O=C(CN1CC[C@@H](CO)C1)c1ccco1. The fourth-order valence-corrected chi connectivity index (χ4v) is 1.92. The van der Waals surface area contributed by atoms with Crippen molar-refractivity contribution in [1.29, 1.82) is 0 Å². The largest absolute Gasteiger partial charge is 0.461 e. The minimum absolute atomic E-state index is 0.0126. The van der Waals surface area contributed by atoms with E-state index in [4.69, 9.17) is 9.52 Å². The van der Waals surface area contributed by atoms with Crippen molar-refractivity contribution in [3.8, 4) is 0 Å². The topological polar surface area (TPSA) is 53.7 Å². The summed E-state index contributed by atoms with van der Waals surface area (Å²) in [6.07, 6.45) is 2.48. The van der Waals surface area contributed by atoms with Gasteiger partial charge in [0.05, 0.1) is 12.8 Å². The van der Waals surface area contributed by atoms with Crippen molar-refractivity contribution in [2.24, 2.45) is 5.92 Å². The fourth-order valence-electron chi connectivity index (χ4n) is 1.92. The van der Waals surface area contributed by atoms with E-state index in [2.05, 4.69) is 4.90 Å². The van der Waals surface area contributed by atoms with Gasteiger partial charge in [-0.2, -0.15) is 0 Å². The Morgan fingerprint density at radius 1 is 1.67 bits per heavy atom. The van der Waals surface area contributed by atoms with Crippen molar-refractivity contribution >= 4 is 5.78 Å². The summed E-state index contributed by atoms with van der Waals surface area (Å²) in [5.74, 6) is 0.760. The number of hydrogen-bond donors (Lipinski definition) is 1. The summed E-state index contributed by atoms with van der Waals surface area (Å²) in [4.78, 5) is 13.7. The zero-order chi connectivity index (χ0) is 10.7. The van der Waals surface area contributed by atoms with Crippen LogP contribution in [0.1, 0.15) is 17.0 Å². The fraction of sp³-hybridized carbons (Fsp3) is 0.545. The highest BCUT2D eigenvalue weighted by Gasteiger charge is 2.24. The molecule has 4 heteroatoms. The average molecular weight is 209 g/mol. The number of rotatable bonds is 4. The monoisotopic (exact) mass is 209 g/mol. The molecule has 0 aliphatic carbocycles. The third-order valence-electron chi connectivity index (χ3n) is 2.79. The van der Waals surface area contributed by atoms with E-state index in [1.54, 1.807) is 12.1 Å². The van der Waals surface area contributed by atoms with Gasteiger partial charge in [0, 0.05) is 13.2 Å². The lowest BCUT2D eigenvalue weighted by molar-refractivity contribution is 0.0913. The second-order valence-corrected chi connectivity index (χ2v) is 3.97. The number of carbonyl (C=O) groups is 1. The quantitative estimate of drug-likeness (QED) is 0.744. The van der Waals surface area contributed by atoms with E-state index in [9.17, 15) is 4.79 Å². The van der Waals surface area contributed by atoms with E-state index < -0.39 is 0 Å². The van der Waals surface area contributed by atoms with Crippen LogP contribution < -0.4 is 0 Å². The third-order valence-corrected chi connectivity index (χ3v) is 2.79. The number of hydrogen-bond acceptors (Lipinski definition) is 4. The predicted molar refractivity (Wildman–Crippen MR) is 54.7 cm³/mol. The molecular formula is C11H15NO3. The van der Waals surface area contributed by atoms with Crippen LogP contribution in [0.3, 0.4) is 0 Å². The first-order valence-electron chi connectivity index (χ1n) is 5.19. The maximum absolute atomic E-state index is 11.7. The number of carbonyl (C=O) groups excluding carboxylic acids is 1. The molecule has 2 heterocycles. The Morgan fingerprint density at radius 2 is 2.53 bits per heavy atom. The zero-order valence-electron chi connectivity index (χ0n) is 8.56. The summed E-state index contributed by atoms with van der Waals surface area (Å²) in [5, 5.41) is 8.97. The van der Waals surface area contributed by atoms with Gasteiger partial charge in [-0.1, -0.05) is 0 Å². The molecule has 0 saturated carbocycles. The number of Topliss-reactive ketones (excluding diaryl/α,β-unsaturated/α-hetero) is 1. The molecule has 2 rings (SSSR count). The van der Waals surface area contributed by atoms with Crippen molar-refractivity contribution < 1.29 is 14.3 Å². The van der Waals surface area contributed by atoms with Gasteiger partial charge in [-0.05, 0) is 31.0 Å². The number of aliphatic hydroxyl groups excluding tert-OH is 1. The van der Waals surface area contributed by atoms with Gasteiger partial charge >= 0.3 is 0 Å². The lowest BCUT2D eigenvalue weighted by atomic mass is 10.1. The minimum atomic E-state index is 0.0126. The lowest BCUT2D eigenvalue weighted by Crippen LogP contribution is -2.28. The molecule has 1 saturated heterocycles. The lowest BCUT2D eigenvalue weighted by Gasteiger charge is -2.13. The van der Waals surface area contributed by atoms with E-state index in [1.165, 1.54) is 6.26 Å². The molecular weight excluding hydrogens is 194 g/mol. The number of likely N-dealkylation sites (tertiary alicyclic amines) is 1. The molecule has 1 aliphatic heterocycles. The number of aliphatic hydroxyl groups is 1. The molecule has 0 aromatic carbocycles. The second-order valence-electron chi connectivity index (χ2n) is 3.97. The first-order chi connectivity index (χ1) is 7.29. The van der Waals surface area contributed by atoms with Gasteiger partial charge in [-0.3, -0.25) is 9.69 Å². The molecule has 15 heavy (non-hydrogen) atoms. The standard InChI is InChI=1S/C11H15NO3/c13-8-9-3-4-12(6-9)7-10(14)11-2-1-5-15-11/h1-2,5,9,13H,3-4,6-8H2/t9-/m1/s1. The smallest absolute Gasteiger partial charge is 0.211 e. The number of ketones is 1. The van der Waals surface area contributed by atoms with Gasteiger partial charge in [0.25, 0.3) is 0 Å². The van der Waals surface area contributed by atoms with Gasteiger partial charge < -0.3 is 9.52 Å². The van der Waals surface area contributed by atoms with Gasteiger partial charge in [0.1, 0.15) is 0 Å². The Kier molecular flexibility index (Phi) is 3.18. The molecule has 1 aromatic rings. The zero-order valence-corrected chi connectivity index (χ0v) is 8.56. The van der Waals surface area contributed by atoms with Crippen molar-refractivity contribution in [3.05, 3.63) is 24.2 Å². The number of furan rings is 1. The molecule has 4 nitrogen and oxygen atoms in total. The summed E-state index contributed by atoms with van der Waals surface area (Å²) in [5.41, 5.74) is 0.